The predicted octanol–water partition coefficient (Wildman–Crippen LogP) is 3.24. The molecule has 0 rings (SSSR count). The van der Waals surface area contributed by atoms with Crippen LogP contribution in [0.5, 0.6) is 0 Å². The summed E-state index contributed by atoms with van der Waals surface area (Å²) in [6.45, 7) is 6.42. The Balaban J connectivity index is 3.29. The largest absolute Gasteiger partial charge is 0.356 e. The Morgan fingerprint density at radius 1 is 0.864 bits per heavy atom. The van der Waals surface area contributed by atoms with E-state index < -0.39 is 0 Å². The summed E-state index contributed by atoms with van der Waals surface area (Å²) >= 11 is 4.19. The molecule has 5 heteroatoms. The maximum atomic E-state index is 11.6. The van der Waals surface area contributed by atoms with Gasteiger partial charge >= 0.3 is 0 Å². The van der Waals surface area contributed by atoms with Crippen molar-refractivity contribution in [2.75, 3.05) is 18.8 Å². The molecule has 0 bridgehead atoms. The summed E-state index contributed by atoms with van der Waals surface area (Å²) in [5, 5.41) is 5.63. The van der Waals surface area contributed by atoms with Gasteiger partial charge in [-0.15, -0.1) is 0 Å². The van der Waals surface area contributed by atoms with Gasteiger partial charge in [-0.2, -0.15) is 12.6 Å². The van der Waals surface area contributed by atoms with Gasteiger partial charge in [0, 0.05) is 25.1 Å². The number of unbranched alkanes of at least 4 members (excludes halogenated alkanes) is 6. The van der Waals surface area contributed by atoms with Crippen molar-refractivity contribution in [3.05, 3.63) is 12.2 Å². The van der Waals surface area contributed by atoms with Gasteiger partial charge in [0.05, 0.1) is 0 Å². The second-order valence-electron chi connectivity index (χ2n) is 5.69. The van der Waals surface area contributed by atoms with Gasteiger partial charge in [-0.25, -0.2) is 0 Å². The highest BCUT2D eigenvalue weighted by molar-refractivity contribution is 7.80. The quantitative estimate of drug-likeness (QED) is 0.260. The van der Waals surface area contributed by atoms with Crippen LogP contribution in [0.25, 0.3) is 0 Å². The number of carbonyl (C=O) groups is 2. The minimum atomic E-state index is -0.124. The molecule has 22 heavy (non-hydrogen) atoms. The van der Waals surface area contributed by atoms with Crippen LogP contribution < -0.4 is 10.6 Å². The van der Waals surface area contributed by atoms with Crippen molar-refractivity contribution in [3.63, 3.8) is 0 Å². The zero-order valence-corrected chi connectivity index (χ0v) is 14.9. The van der Waals surface area contributed by atoms with Gasteiger partial charge in [0.2, 0.25) is 11.8 Å². The predicted molar refractivity (Wildman–Crippen MR) is 96.2 cm³/mol. The topological polar surface area (TPSA) is 58.2 Å². The maximum absolute atomic E-state index is 11.6. The van der Waals surface area contributed by atoms with E-state index >= 15 is 0 Å². The summed E-state index contributed by atoms with van der Waals surface area (Å²) in [4.78, 5) is 22.8. The minimum absolute atomic E-state index is 0.112. The van der Waals surface area contributed by atoms with Crippen molar-refractivity contribution in [2.24, 2.45) is 0 Å². The summed E-state index contributed by atoms with van der Waals surface area (Å²) in [6.07, 6.45) is 9.68. The van der Waals surface area contributed by atoms with Crippen LogP contribution in [-0.2, 0) is 9.59 Å². The first kappa shape index (κ1) is 21.0. The summed E-state index contributed by atoms with van der Waals surface area (Å²) in [5.41, 5.74) is 0.509. The van der Waals surface area contributed by atoms with Gasteiger partial charge in [0.1, 0.15) is 0 Å². The fourth-order valence-electron chi connectivity index (χ4n) is 2.04. The molecule has 0 aromatic rings. The molecule has 0 saturated heterocycles. The van der Waals surface area contributed by atoms with E-state index in [9.17, 15) is 9.59 Å². The molecule has 0 radical (unpaired) electrons. The van der Waals surface area contributed by atoms with Crippen LogP contribution in [-0.4, -0.2) is 30.7 Å². The van der Waals surface area contributed by atoms with Crippen molar-refractivity contribution in [1.82, 2.24) is 10.6 Å². The molecule has 0 aromatic heterocycles. The van der Waals surface area contributed by atoms with E-state index in [4.69, 9.17) is 0 Å². The number of nitrogens with one attached hydrogen (secondary N) is 2. The minimum Gasteiger partial charge on any atom is -0.356 e. The molecule has 0 aliphatic rings. The first-order chi connectivity index (χ1) is 10.6. The summed E-state index contributed by atoms with van der Waals surface area (Å²) < 4.78 is 0. The summed E-state index contributed by atoms with van der Waals surface area (Å²) in [6, 6.07) is 0. The number of carbonyl (C=O) groups excluding carboxylic acids is 2. The molecular formula is C17H32N2O2S. The number of hydrogen-bond donors (Lipinski definition) is 3. The molecule has 0 spiro atoms. The normalized spacial score (nSPS) is 10.3. The van der Waals surface area contributed by atoms with Gasteiger partial charge in [-0.3, -0.25) is 9.59 Å². The zero-order valence-electron chi connectivity index (χ0n) is 14.0. The Morgan fingerprint density at radius 3 is 2.00 bits per heavy atom. The van der Waals surface area contributed by atoms with Crippen LogP contribution in [0.1, 0.15) is 64.7 Å². The first-order valence-corrected chi connectivity index (χ1v) is 9.02. The molecule has 0 fully saturated rings. The van der Waals surface area contributed by atoms with E-state index in [1.54, 1.807) is 6.92 Å². The fraction of sp³-hybridized carbons (Fsp3) is 0.765. The Labute approximate surface area is 140 Å². The zero-order chi connectivity index (χ0) is 16.6. The van der Waals surface area contributed by atoms with Gasteiger partial charge in [-0.05, 0) is 31.9 Å². The number of hydrogen-bond acceptors (Lipinski definition) is 3. The Hall–Kier alpha value is -0.970. The molecule has 0 atom stereocenters. The molecular weight excluding hydrogens is 296 g/mol. The number of thiol groups is 1. The third-order valence-corrected chi connectivity index (χ3v) is 3.73. The molecule has 0 unspecified atom stereocenters. The van der Waals surface area contributed by atoms with Crippen LogP contribution in [0, 0.1) is 0 Å². The van der Waals surface area contributed by atoms with E-state index in [0.29, 0.717) is 25.1 Å². The lowest BCUT2D eigenvalue weighted by atomic mass is 10.1. The molecule has 2 amide bonds. The maximum Gasteiger partial charge on any atom is 0.246 e. The average molecular weight is 329 g/mol. The lowest BCUT2D eigenvalue weighted by Gasteiger charge is -2.07. The smallest absolute Gasteiger partial charge is 0.246 e. The van der Waals surface area contributed by atoms with Crippen LogP contribution >= 0.6 is 12.6 Å². The van der Waals surface area contributed by atoms with Crippen molar-refractivity contribution in [2.45, 2.75) is 64.7 Å². The number of amides is 2. The Kier molecular flexibility index (Phi) is 14.3. The van der Waals surface area contributed by atoms with Crippen molar-refractivity contribution < 1.29 is 9.59 Å². The fourth-order valence-corrected chi connectivity index (χ4v) is 2.26. The highest BCUT2D eigenvalue weighted by Crippen LogP contribution is 2.08. The first-order valence-electron chi connectivity index (χ1n) is 8.39. The molecule has 128 valence electrons. The van der Waals surface area contributed by atoms with Gasteiger partial charge in [0.15, 0.2) is 0 Å². The molecule has 4 nitrogen and oxygen atoms in total. The molecule has 0 aromatic carbocycles. The van der Waals surface area contributed by atoms with E-state index in [2.05, 4.69) is 29.8 Å². The lowest BCUT2D eigenvalue weighted by Crippen LogP contribution is -2.29. The second-order valence-corrected chi connectivity index (χ2v) is 6.14. The van der Waals surface area contributed by atoms with E-state index in [0.717, 1.165) is 25.0 Å². The van der Waals surface area contributed by atoms with Crippen LogP contribution in [0.15, 0.2) is 12.2 Å². The van der Waals surface area contributed by atoms with Crippen molar-refractivity contribution >= 4 is 24.4 Å². The van der Waals surface area contributed by atoms with E-state index in [1.807, 2.05) is 0 Å². The second kappa shape index (κ2) is 14.9. The van der Waals surface area contributed by atoms with E-state index in [1.165, 1.54) is 32.1 Å². The van der Waals surface area contributed by atoms with Gasteiger partial charge in [0.25, 0.3) is 0 Å². The lowest BCUT2D eigenvalue weighted by molar-refractivity contribution is -0.121. The van der Waals surface area contributed by atoms with Crippen molar-refractivity contribution in [1.29, 1.82) is 0 Å². The Bertz CT molecular complexity index is 333. The van der Waals surface area contributed by atoms with Crippen LogP contribution in [0.3, 0.4) is 0 Å². The molecule has 0 saturated carbocycles. The standard InChI is InChI=1S/C17H32N2O2S/c1-15(2)17(21)19-13-10-12-18-16(20)11-8-6-4-3-5-7-9-14-22/h22H,1,3-14H2,2H3,(H,18,20)(H,19,21). The molecule has 0 aliphatic heterocycles. The molecule has 2 N–H and O–H groups in total. The van der Waals surface area contributed by atoms with Gasteiger partial charge in [-0.1, -0.05) is 38.7 Å². The van der Waals surface area contributed by atoms with Crippen LogP contribution in [0.4, 0.5) is 0 Å². The van der Waals surface area contributed by atoms with Crippen molar-refractivity contribution in [3.8, 4) is 0 Å². The highest BCUT2D eigenvalue weighted by atomic mass is 32.1. The monoisotopic (exact) mass is 328 g/mol. The molecule has 0 heterocycles. The average Bonchev–Trinajstić information content (AvgIpc) is 2.49. The summed E-state index contributed by atoms with van der Waals surface area (Å²) in [7, 11) is 0. The van der Waals surface area contributed by atoms with E-state index in [-0.39, 0.29) is 11.8 Å². The summed E-state index contributed by atoms with van der Waals surface area (Å²) in [5.74, 6) is 0.971. The third-order valence-electron chi connectivity index (χ3n) is 3.41. The third kappa shape index (κ3) is 14.0. The Morgan fingerprint density at radius 2 is 1.41 bits per heavy atom. The van der Waals surface area contributed by atoms with Crippen LogP contribution in [0.2, 0.25) is 0 Å². The highest BCUT2D eigenvalue weighted by Gasteiger charge is 2.02. The van der Waals surface area contributed by atoms with Gasteiger partial charge < -0.3 is 10.6 Å². The number of rotatable bonds is 14. The molecule has 0 aliphatic carbocycles. The SMILES string of the molecule is C=C(C)C(=O)NCCCNC(=O)CCCCCCCCCS.